The zero-order valence-electron chi connectivity index (χ0n) is 13.4. The van der Waals surface area contributed by atoms with E-state index in [1.165, 1.54) is 12.1 Å². The monoisotopic (exact) mass is 315 g/mol. The van der Waals surface area contributed by atoms with Gasteiger partial charge in [0.2, 0.25) is 0 Å². The van der Waals surface area contributed by atoms with Gasteiger partial charge in [0.25, 0.3) is 5.69 Å². The molecule has 0 aliphatic heterocycles. The smallest absolute Gasteiger partial charge is 0.269 e. The number of hydrogen-bond donors (Lipinski definition) is 1. The molecule has 5 nitrogen and oxygen atoms in total. The first-order valence-corrected chi connectivity index (χ1v) is 7.57. The Balaban J connectivity index is 2.15. The van der Waals surface area contributed by atoms with Crippen molar-refractivity contribution in [2.45, 2.75) is 32.3 Å². The van der Waals surface area contributed by atoms with Gasteiger partial charge in [0.1, 0.15) is 5.75 Å². The van der Waals surface area contributed by atoms with E-state index in [0.29, 0.717) is 19.4 Å². The number of aromatic hydroxyl groups is 1. The molecule has 0 heterocycles. The summed E-state index contributed by atoms with van der Waals surface area (Å²) in [6.07, 6.45) is 1.35. The van der Waals surface area contributed by atoms with Gasteiger partial charge in [-0.25, -0.2) is 0 Å². The number of rotatable bonds is 7. The minimum absolute atomic E-state index is 0.0883. The first-order chi connectivity index (χ1) is 10.9. The summed E-state index contributed by atoms with van der Waals surface area (Å²) in [5, 5.41) is 20.1. The predicted molar refractivity (Wildman–Crippen MR) is 88.6 cm³/mol. The third-order valence-electron chi connectivity index (χ3n) is 3.73. The molecular formula is C18H21NO4. The fourth-order valence-corrected chi connectivity index (χ4v) is 2.73. The topological polar surface area (TPSA) is 72.6 Å². The lowest BCUT2D eigenvalue weighted by atomic mass is 9.89. The van der Waals surface area contributed by atoms with E-state index in [1.807, 2.05) is 26.0 Å². The molecule has 0 fully saturated rings. The fourth-order valence-electron chi connectivity index (χ4n) is 2.73. The molecule has 0 aliphatic carbocycles. The maximum Gasteiger partial charge on any atom is 0.269 e. The van der Waals surface area contributed by atoms with E-state index in [2.05, 4.69) is 0 Å². The Kier molecular flexibility index (Phi) is 5.34. The zero-order valence-corrected chi connectivity index (χ0v) is 13.4. The minimum atomic E-state index is -0.415. The van der Waals surface area contributed by atoms with Gasteiger partial charge in [0.05, 0.1) is 10.5 Å². The number of phenolic OH excluding ortho intramolecular Hbond substituents is 1. The van der Waals surface area contributed by atoms with Crippen LogP contribution in [-0.2, 0) is 17.6 Å². The van der Waals surface area contributed by atoms with E-state index in [1.54, 1.807) is 24.3 Å². The maximum atomic E-state index is 10.7. The lowest BCUT2D eigenvalue weighted by Crippen LogP contribution is -2.34. The number of benzene rings is 2. The normalized spacial score (nSPS) is 13.5. The molecule has 0 spiro atoms. The van der Waals surface area contributed by atoms with Gasteiger partial charge in [0.15, 0.2) is 0 Å². The van der Waals surface area contributed by atoms with E-state index in [0.717, 1.165) is 11.1 Å². The van der Waals surface area contributed by atoms with Crippen molar-refractivity contribution in [2.75, 3.05) is 6.61 Å². The highest BCUT2D eigenvalue weighted by molar-refractivity contribution is 5.34. The van der Waals surface area contributed by atoms with Crippen molar-refractivity contribution in [2.24, 2.45) is 0 Å². The van der Waals surface area contributed by atoms with Gasteiger partial charge in [-0.05, 0) is 37.1 Å². The van der Waals surface area contributed by atoms with Crippen LogP contribution in [0.25, 0.3) is 0 Å². The van der Waals surface area contributed by atoms with Gasteiger partial charge >= 0.3 is 0 Å². The Morgan fingerprint density at radius 2 is 1.52 bits per heavy atom. The molecule has 0 bridgehead atoms. The van der Waals surface area contributed by atoms with E-state index in [9.17, 15) is 15.2 Å². The molecule has 0 saturated heterocycles. The van der Waals surface area contributed by atoms with Crippen LogP contribution >= 0.6 is 0 Å². The van der Waals surface area contributed by atoms with E-state index in [-0.39, 0.29) is 11.4 Å². The summed E-state index contributed by atoms with van der Waals surface area (Å²) in [6, 6.07) is 13.6. The van der Waals surface area contributed by atoms with Gasteiger partial charge in [-0.3, -0.25) is 10.1 Å². The van der Waals surface area contributed by atoms with Crippen molar-refractivity contribution in [1.82, 2.24) is 0 Å². The molecule has 0 radical (unpaired) electrons. The highest BCUT2D eigenvalue weighted by Crippen LogP contribution is 2.25. The molecule has 1 unspecified atom stereocenters. The fraction of sp³-hybridized carbons (Fsp3) is 0.333. The van der Waals surface area contributed by atoms with Crippen molar-refractivity contribution >= 4 is 5.69 Å². The lowest BCUT2D eigenvalue weighted by Gasteiger charge is -2.30. The van der Waals surface area contributed by atoms with Crippen LogP contribution in [0.1, 0.15) is 25.0 Å². The minimum Gasteiger partial charge on any atom is -0.508 e. The average molecular weight is 315 g/mol. The number of nitro benzene ring substituents is 1. The Labute approximate surface area is 135 Å². The molecule has 2 rings (SSSR count). The largest absolute Gasteiger partial charge is 0.508 e. The molecule has 5 heteroatoms. The number of phenols is 1. The van der Waals surface area contributed by atoms with Crippen molar-refractivity contribution in [3.05, 3.63) is 69.8 Å². The number of nitro groups is 1. The predicted octanol–water partition coefficient (Wildman–Crippen LogP) is 3.88. The maximum absolute atomic E-state index is 10.7. The molecular weight excluding hydrogens is 294 g/mol. The third kappa shape index (κ3) is 4.79. The van der Waals surface area contributed by atoms with Crippen molar-refractivity contribution in [3.8, 4) is 5.75 Å². The van der Waals surface area contributed by atoms with Crippen molar-refractivity contribution in [3.63, 3.8) is 0 Å². The van der Waals surface area contributed by atoms with Crippen LogP contribution in [-0.4, -0.2) is 22.2 Å². The average Bonchev–Trinajstić information content (AvgIpc) is 2.50. The van der Waals surface area contributed by atoms with Crippen molar-refractivity contribution < 1.29 is 14.8 Å². The molecule has 122 valence electrons. The highest BCUT2D eigenvalue weighted by atomic mass is 16.6. The summed E-state index contributed by atoms with van der Waals surface area (Å²) >= 11 is 0. The SMILES string of the molecule is CCOC(C)(Cc1ccc(O)cc1)Cc1ccc([N+](=O)[O-])cc1. The van der Waals surface area contributed by atoms with E-state index in [4.69, 9.17) is 4.74 Å². The van der Waals surface area contributed by atoms with Gasteiger partial charge in [0, 0.05) is 31.6 Å². The second kappa shape index (κ2) is 7.24. The number of nitrogens with zero attached hydrogens (tertiary/aromatic N) is 1. The Morgan fingerprint density at radius 1 is 1.04 bits per heavy atom. The van der Waals surface area contributed by atoms with Gasteiger partial charge in [-0.2, -0.15) is 0 Å². The summed E-state index contributed by atoms with van der Waals surface area (Å²) in [5.41, 5.74) is 1.73. The highest BCUT2D eigenvalue weighted by Gasteiger charge is 2.26. The number of non-ortho nitro benzene ring substituents is 1. The second-order valence-corrected chi connectivity index (χ2v) is 5.83. The summed E-state index contributed by atoms with van der Waals surface area (Å²) in [5.74, 6) is 0.238. The molecule has 0 aromatic heterocycles. The van der Waals surface area contributed by atoms with Crippen LogP contribution in [0.5, 0.6) is 5.75 Å². The number of hydrogen-bond acceptors (Lipinski definition) is 4. The molecule has 1 atom stereocenters. The van der Waals surface area contributed by atoms with Crippen LogP contribution < -0.4 is 0 Å². The molecule has 0 aliphatic rings. The van der Waals surface area contributed by atoms with Gasteiger partial charge in [-0.15, -0.1) is 0 Å². The summed E-state index contributed by atoms with van der Waals surface area (Å²) in [4.78, 5) is 10.3. The first-order valence-electron chi connectivity index (χ1n) is 7.57. The third-order valence-corrected chi connectivity index (χ3v) is 3.73. The second-order valence-electron chi connectivity index (χ2n) is 5.83. The number of ether oxygens (including phenoxy) is 1. The van der Waals surface area contributed by atoms with Gasteiger partial charge < -0.3 is 9.84 Å². The van der Waals surface area contributed by atoms with Crippen LogP contribution in [0.4, 0.5) is 5.69 Å². The van der Waals surface area contributed by atoms with Crippen LogP contribution in [0.2, 0.25) is 0 Å². The van der Waals surface area contributed by atoms with Crippen LogP contribution in [0.3, 0.4) is 0 Å². The Hall–Kier alpha value is -2.40. The van der Waals surface area contributed by atoms with E-state index >= 15 is 0 Å². The zero-order chi connectivity index (χ0) is 16.9. The molecule has 1 N–H and O–H groups in total. The molecule has 23 heavy (non-hydrogen) atoms. The Morgan fingerprint density at radius 3 is 1.96 bits per heavy atom. The van der Waals surface area contributed by atoms with Gasteiger partial charge in [-0.1, -0.05) is 24.3 Å². The lowest BCUT2D eigenvalue weighted by molar-refractivity contribution is -0.384. The Bertz CT molecular complexity index is 652. The standard InChI is InChI=1S/C18H21NO4/c1-3-23-18(2,13-15-6-10-17(20)11-7-15)12-14-4-8-16(9-5-14)19(21)22/h4-11,20H,3,12-13H2,1-2H3. The van der Waals surface area contributed by atoms with Crippen LogP contribution in [0.15, 0.2) is 48.5 Å². The summed E-state index contributed by atoms with van der Waals surface area (Å²) in [6.45, 7) is 4.57. The van der Waals surface area contributed by atoms with E-state index < -0.39 is 10.5 Å². The summed E-state index contributed by atoms with van der Waals surface area (Å²) < 4.78 is 5.95. The molecule has 2 aromatic carbocycles. The molecule has 0 saturated carbocycles. The summed E-state index contributed by atoms with van der Waals surface area (Å²) in [7, 11) is 0. The van der Waals surface area contributed by atoms with Crippen molar-refractivity contribution in [1.29, 1.82) is 0 Å². The molecule has 0 amide bonds. The molecule has 2 aromatic rings. The quantitative estimate of drug-likeness (QED) is 0.621. The van der Waals surface area contributed by atoms with Crippen LogP contribution in [0, 0.1) is 10.1 Å². The first kappa shape index (κ1) is 17.0.